The average Bonchev–Trinajstić information content (AvgIpc) is 2.26. The number of halogens is 1. The van der Waals surface area contributed by atoms with E-state index in [4.69, 9.17) is 21.8 Å². The van der Waals surface area contributed by atoms with E-state index in [1.807, 2.05) is 6.92 Å². The molecule has 1 aromatic carbocycles. The Hall–Kier alpha value is -0.710. The predicted molar refractivity (Wildman–Crippen MR) is 65.4 cm³/mol. The van der Waals surface area contributed by atoms with Crippen LogP contribution in [0.25, 0.3) is 0 Å². The normalized spacial score (nSPS) is 12.4. The smallest absolute Gasteiger partial charge is 0.335 e. The second kappa shape index (κ2) is 6.13. The summed E-state index contributed by atoms with van der Waals surface area (Å²) in [5.74, 6) is -0.0368. The molecule has 0 aliphatic heterocycles. The quantitative estimate of drug-likeness (QED) is 0.800. The predicted octanol–water partition coefficient (Wildman–Crippen LogP) is 2.76. The number of aromatic carboxylic acids is 1. The highest BCUT2D eigenvalue weighted by Crippen LogP contribution is 2.29. The first-order valence-electron chi connectivity index (χ1n) is 4.81. The summed E-state index contributed by atoms with van der Waals surface area (Å²) in [5, 5.41) is 18.1. The van der Waals surface area contributed by atoms with Crippen molar-refractivity contribution < 1.29 is 15.0 Å². The van der Waals surface area contributed by atoms with Crippen LogP contribution in [0.2, 0.25) is 5.02 Å². The van der Waals surface area contributed by atoms with Crippen LogP contribution >= 0.6 is 23.4 Å². The second-order valence-corrected chi connectivity index (χ2v) is 5.02. The molecule has 1 atom stereocenters. The first-order valence-corrected chi connectivity index (χ1v) is 6.17. The highest BCUT2D eigenvalue weighted by molar-refractivity contribution is 7.99. The van der Waals surface area contributed by atoms with Gasteiger partial charge in [0.2, 0.25) is 0 Å². The van der Waals surface area contributed by atoms with Gasteiger partial charge in [-0.1, -0.05) is 18.5 Å². The van der Waals surface area contributed by atoms with Gasteiger partial charge >= 0.3 is 5.97 Å². The van der Waals surface area contributed by atoms with Crippen LogP contribution in [-0.4, -0.2) is 28.5 Å². The van der Waals surface area contributed by atoms with Crippen molar-refractivity contribution in [2.75, 3.05) is 12.4 Å². The molecular formula is C11H13ClO3S. The zero-order valence-electron chi connectivity index (χ0n) is 8.81. The fraction of sp³-hybridized carbons (Fsp3) is 0.364. The molecule has 16 heavy (non-hydrogen) atoms. The van der Waals surface area contributed by atoms with Crippen molar-refractivity contribution in [3.8, 4) is 0 Å². The Morgan fingerprint density at radius 2 is 2.25 bits per heavy atom. The van der Waals surface area contributed by atoms with E-state index in [1.165, 1.54) is 23.9 Å². The Morgan fingerprint density at radius 1 is 1.56 bits per heavy atom. The van der Waals surface area contributed by atoms with Gasteiger partial charge in [0.15, 0.2) is 0 Å². The van der Waals surface area contributed by atoms with Gasteiger partial charge in [-0.05, 0) is 24.1 Å². The van der Waals surface area contributed by atoms with E-state index < -0.39 is 5.97 Å². The Kier molecular flexibility index (Phi) is 5.12. The lowest BCUT2D eigenvalue weighted by Crippen LogP contribution is -2.03. The molecule has 0 saturated heterocycles. The van der Waals surface area contributed by atoms with E-state index in [1.54, 1.807) is 6.07 Å². The molecule has 1 aromatic rings. The summed E-state index contributed by atoms with van der Waals surface area (Å²) in [5.41, 5.74) is 0.185. The minimum absolute atomic E-state index is 0.137. The number of aliphatic hydroxyl groups is 1. The van der Waals surface area contributed by atoms with Crippen molar-refractivity contribution in [1.82, 2.24) is 0 Å². The molecule has 88 valence electrons. The lowest BCUT2D eigenvalue weighted by atomic mass is 10.2. The minimum atomic E-state index is -0.984. The van der Waals surface area contributed by atoms with E-state index in [2.05, 4.69) is 0 Å². The Morgan fingerprint density at radius 3 is 2.75 bits per heavy atom. The maximum atomic E-state index is 10.7. The minimum Gasteiger partial charge on any atom is -0.478 e. The van der Waals surface area contributed by atoms with Gasteiger partial charge in [0.25, 0.3) is 0 Å². The van der Waals surface area contributed by atoms with Crippen molar-refractivity contribution in [2.24, 2.45) is 5.92 Å². The molecule has 0 aliphatic carbocycles. The number of carboxylic acid groups (broad SMARTS) is 1. The van der Waals surface area contributed by atoms with Crippen LogP contribution in [0.5, 0.6) is 0 Å². The Balaban J connectivity index is 2.72. The number of benzene rings is 1. The van der Waals surface area contributed by atoms with Gasteiger partial charge in [-0.25, -0.2) is 4.79 Å². The van der Waals surface area contributed by atoms with Crippen molar-refractivity contribution in [3.05, 3.63) is 28.8 Å². The lowest BCUT2D eigenvalue weighted by molar-refractivity contribution is 0.0697. The van der Waals surface area contributed by atoms with E-state index in [0.29, 0.717) is 5.02 Å². The molecule has 0 heterocycles. The summed E-state index contributed by atoms with van der Waals surface area (Å²) >= 11 is 7.47. The van der Waals surface area contributed by atoms with Crippen molar-refractivity contribution >= 4 is 29.3 Å². The molecule has 0 bridgehead atoms. The monoisotopic (exact) mass is 260 g/mol. The first-order chi connectivity index (χ1) is 7.54. The highest BCUT2D eigenvalue weighted by Gasteiger charge is 2.08. The van der Waals surface area contributed by atoms with Crippen LogP contribution in [0.3, 0.4) is 0 Å². The topological polar surface area (TPSA) is 57.5 Å². The molecule has 0 aromatic heterocycles. The summed E-state index contributed by atoms with van der Waals surface area (Å²) in [7, 11) is 0. The number of aliphatic hydroxyl groups excluding tert-OH is 1. The molecule has 0 fully saturated rings. The van der Waals surface area contributed by atoms with E-state index in [9.17, 15) is 4.79 Å². The first kappa shape index (κ1) is 13.4. The zero-order valence-corrected chi connectivity index (χ0v) is 10.4. The van der Waals surface area contributed by atoms with Gasteiger partial charge in [0, 0.05) is 17.3 Å². The standard InChI is InChI=1S/C11H13ClO3S/c1-7(5-13)6-16-10-3-2-8(11(14)15)4-9(10)12/h2-4,7,13H,5-6H2,1H3,(H,14,15). The molecule has 5 heteroatoms. The third kappa shape index (κ3) is 3.70. The van der Waals surface area contributed by atoms with Crippen LogP contribution in [0.1, 0.15) is 17.3 Å². The van der Waals surface area contributed by atoms with Gasteiger partial charge in [0.05, 0.1) is 10.6 Å². The largest absolute Gasteiger partial charge is 0.478 e. The van der Waals surface area contributed by atoms with Crippen LogP contribution in [0, 0.1) is 5.92 Å². The van der Waals surface area contributed by atoms with Crippen LogP contribution < -0.4 is 0 Å². The van der Waals surface area contributed by atoms with Gasteiger partial charge in [-0.3, -0.25) is 0 Å². The number of carboxylic acids is 1. The van der Waals surface area contributed by atoms with Crippen LogP contribution in [0.15, 0.2) is 23.1 Å². The lowest BCUT2D eigenvalue weighted by Gasteiger charge is -2.08. The third-order valence-electron chi connectivity index (χ3n) is 2.01. The summed E-state index contributed by atoms with van der Waals surface area (Å²) in [4.78, 5) is 11.5. The molecule has 1 unspecified atom stereocenters. The molecule has 0 spiro atoms. The van der Waals surface area contributed by atoms with Gasteiger partial charge in [-0.2, -0.15) is 0 Å². The van der Waals surface area contributed by atoms with E-state index >= 15 is 0 Å². The highest BCUT2D eigenvalue weighted by atomic mass is 35.5. The molecule has 0 saturated carbocycles. The van der Waals surface area contributed by atoms with Crippen LogP contribution in [0.4, 0.5) is 0 Å². The Bertz CT molecular complexity index is 381. The molecule has 1 rings (SSSR count). The summed E-state index contributed by atoms with van der Waals surface area (Å²) < 4.78 is 0. The van der Waals surface area contributed by atoms with E-state index in [0.717, 1.165) is 10.6 Å². The fourth-order valence-electron chi connectivity index (χ4n) is 1.04. The summed E-state index contributed by atoms with van der Waals surface area (Å²) in [6.07, 6.45) is 0. The molecule has 0 amide bonds. The molecular weight excluding hydrogens is 248 g/mol. The van der Waals surface area contributed by atoms with Crippen molar-refractivity contribution in [2.45, 2.75) is 11.8 Å². The molecule has 0 radical (unpaired) electrons. The Labute approximate surface area is 103 Å². The zero-order chi connectivity index (χ0) is 12.1. The summed E-state index contributed by atoms with van der Waals surface area (Å²) in [6, 6.07) is 4.66. The van der Waals surface area contributed by atoms with Gasteiger partial charge in [0.1, 0.15) is 0 Å². The fourth-order valence-corrected chi connectivity index (χ4v) is 2.31. The molecule has 0 aliphatic rings. The van der Waals surface area contributed by atoms with Gasteiger partial charge in [-0.15, -0.1) is 11.8 Å². The third-order valence-corrected chi connectivity index (χ3v) is 3.84. The number of hydrogen-bond donors (Lipinski definition) is 2. The van der Waals surface area contributed by atoms with Crippen molar-refractivity contribution in [1.29, 1.82) is 0 Å². The number of thioether (sulfide) groups is 1. The average molecular weight is 261 g/mol. The van der Waals surface area contributed by atoms with Gasteiger partial charge < -0.3 is 10.2 Å². The molecule has 2 N–H and O–H groups in total. The number of carbonyl (C=O) groups is 1. The number of rotatable bonds is 5. The van der Waals surface area contributed by atoms with E-state index in [-0.39, 0.29) is 18.1 Å². The summed E-state index contributed by atoms with van der Waals surface area (Å²) in [6.45, 7) is 2.07. The molecule has 3 nitrogen and oxygen atoms in total. The van der Waals surface area contributed by atoms with Crippen LogP contribution in [-0.2, 0) is 0 Å². The maximum absolute atomic E-state index is 10.7. The number of hydrogen-bond acceptors (Lipinski definition) is 3. The second-order valence-electron chi connectivity index (χ2n) is 3.55. The van der Waals surface area contributed by atoms with Crippen molar-refractivity contribution in [3.63, 3.8) is 0 Å². The maximum Gasteiger partial charge on any atom is 0.335 e. The SMILES string of the molecule is CC(CO)CSc1ccc(C(=O)O)cc1Cl.